The molecule has 0 aromatic heterocycles. The highest BCUT2D eigenvalue weighted by Crippen LogP contribution is 2.22. The molecule has 0 saturated heterocycles. The number of carbonyl (C=O) groups excluding carboxylic acids is 1. The number of halogens is 1. The van der Waals surface area contributed by atoms with E-state index >= 15 is 0 Å². The number of rotatable bonds is 10. The summed E-state index contributed by atoms with van der Waals surface area (Å²) in [4.78, 5) is 12.6. The molecule has 6 heteroatoms. The third kappa shape index (κ3) is 7.15. The molecule has 2 atom stereocenters. The van der Waals surface area contributed by atoms with Gasteiger partial charge in [-0.25, -0.2) is 0 Å². The van der Waals surface area contributed by atoms with Gasteiger partial charge in [0.15, 0.2) is 0 Å². The van der Waals surface area contributed by atoms with Crippen LogP contribution in [0.2, 0.25) is 0 Å². The van der Waals surface area contributed by atoms with Crippen LogP contribution in [-0.4, -0.2) is 26.2 Å². The lowest BCUT2D eigenvalue weighted by Crippen LogP contribution is -2.35. The molecule has 0 aliphatic heterocycles. The van der Waals surface area contributed by atoms with Crippen LogP contribution in [0.4, 0.5) is 0 Å². The van der Waals surface area contributed by atoms with Crippen LogP contribution in [0.15, 0.2) is 48.5 Å². The van der Waals surface area contributed by atoms with E-state index in [4.69, 9.17) is 15.2 Å². The van der Waals surface area contributed by atoms with E-state index in [1.807, 2.05) is 62.4 Å². The van der Waals surface area contributed by atoms with Gasteiger partial charge in [-0.15, -0.1) is 12.4 Å². The van der Waals surface area contributed by atoms with Gasteiger partial charge in [-0.3, -0.25) is 4.79 Å². The summed E-state index contributed by atoms with van der Waals surface area (Å²) in [5.74, 6) is 0.396. The lowest BCUT2D eigenvalue weighted by atomic mass is 9.94. The smallest absolute Gasteiger partial charge is 0.225 e. The van der Waals surface area contributed by atoms with Crippen molar-refractivity contribution < 1.29 is 14.3 Å². The first-order valence-electron chi connectivity index (χ1n) is 9.32. The van der Waals surface area contributed by atoms with Crippen molar-refractivity contribution in [3.63, 3.8) is 0 Å². The van der Waals surface area contributed by atoms with Crippen LogP contribution in [0.3, 0.4) is 0 Å². The third-order valence-corrected chi connectivity index (χ3v) is 4.56. The van der Waals surface area contributed by atoms with Crippen molar-refractivity contribution >= 4 is 18.3 Å². The summed E-state index contributed by atoms with van der Waals surface area (Å²) in [5.41, 5.74) is 9.28. The molecule has 0 bridgehead atoms. The number of nitrogens with two attached hydrogens (primary N) is 1. The predicted molar refractivity (Wildman–Crippen MR) is 115 cm³/mol. The number of carbonyl (C=O) groups is 1. The Bertz CT molecular complexity index is 725. The highest BCUT2D eigenvalue weighted by molar-refractivity contribution is 5.85. The fourth-order valence-electron chi connectivity index (χ4n) is 2.80. The van der Waals surface area contributed by atoms with E-state index in [2.05, 4.69) is 5.32 Å². The largest absolute Gasteiger partial charge is 0.493 e. The fourth-order valence-corrected chi connectivity index (χ4v) is 2.80. The highest BCUT2D eigenvalue weighted by atomic mass is 35.5. The highest BCUT2D eigenvalue weighted by Gasteiger charge is 2.22. The zero-order valence-electron chi connectivity index (χ0n) is 16.8. The molecule has 0 aliphatic carbocycles. The maximum atomic E-state index is 12.6. The van der Waals surface area contributed by atoms with E-state index in [9.17, 15) is 4.79 Å². The van der Waals surface area contributed by atoms with Gasteiger partial charge in [0.2, 0.25) is 5.91 Å². The molecule has 2 aromatic rings. The van der Waals surface area contributed by atoms with Gasteiger partial charge in [-0.05, 0) is 24.1 Å². The number of methoxy groups -OCH3 is 1. The monoisotopic (exact) mass is 406 g/mol. The third-order valence-electron chi connectivity index (χ3n) is 4.56. The van der Waals surface area contributed by atoms with Crippen LogP contribution in [0.25, 0.3) is 0 Å². The lowest BCUT2D eigenvalue weighted by Gasteiger charge is -2.20. The van der Waals surface area contributed by atoms with E-state index in [0.29, 0.717) is 19.8 Å². The van der Waals surface area contributed by atoms with Crippen LogP contribution < -0.4 is 15.8 Å². The first-order chi connectivity index (χ1) is 13.0. The number of ether oxygens (including phenoxy) is 2. The number of hydrogen-bond acceptors (Lipinski definition) is 4. The molecule has 0 aliphatic rings. The first-order valence-corrected chi connectivity index (χ1v) is 9.32. The molecule has 2 unspecified atom stereocenters. The molecule has 0 saturated carbocycles. The molecular weight excluding hydrogens is 376 g/mol. The number of aryl methyl sites for hydroxylation is 1. The fraction of sp³-hybridized carbons (Fsp3) is 0.409. The summed E-state index contributed by atoms with van der Waals surface area (Å²) in [6.07, 6.45) is 0.819. The van der Waals surface area contributed by atoms with Gasteiger partial charge in [0, 0.05) is 38.3 Å². The molecule has 154 valence electrons. The number of amides is 1. The summed E-state index contributed by atoms with van der Waals surface area (Å²) in [7, 11) is 1.68. The van der Waals surface area contributed by atoms with E-state index in [-0.39, 0.29) is 30.3 Å². The zero-order chi connectivity index (χ0) is 19.6. The lowest BCUT2D eigenvalue weighted by molar-refractivity contribution is -0.125. The number of benzene rings is 2. The standard InChI is InChI=1S/C22H30N2O3.ClH/c1-16-10-11-19(20(14-16)27-13-7-12-26-3)15-24-22(25)17(2)21(23)18-8-5-4-6-9-18;/h4-6,8-11,14,17,21H,7,12-13,15,23H2,1-3H3,(H,24,25);1H. The Balaban J connectivity index is 0.00000392. The van der Waals surface area contributed by atoms with Gasteiger partial charge in [0.1, 0.15) is 5.75 Å². The van der Waals surface area contributed by atoms with Crippen molar-refractivity contribution in [2.24, 2.45) is 11.7 Å². The van der Waals surface area contributed by atoms with Crippen molar-refractivity contribution in [1.29, 1.82) is 0 Å². The number of hydrogen-bond donors (Lipinski definition) is 2. The van der Waals surface area contributed by atoms with E-state index in [1.54, 1.807) is 7.11 Å². The van der Waals surface area contributed by atoms with Crippen molar-refractivity contribution in [2.45, 2.75) is 32.9 Å². The minimum absolute atomic E-state index is 0. The Hall–Kier alpha value is -2.08. The maximum Gasteiger partial charge on any atom is 0.225 e. The Morgan fingerprint density at radius 3 is 2.54 bits per heavy atom. The Kier molecular flexibility index (Phi) is 10.6. The average Bonchev–Trinajstić information content (AvgIpc) is 2.69. The van der Waals surface area contributed by atoms with Crippen molar-refractivity contribution in [1.82, 2.24) is 5.32 Å². The second kappa shape index (κ2) is 12.4. The topological polar surface area (TPSA) is 73.6 Å². The van der Waals surface area contributed by atoms with Crippen LogP contribution in [0.5, 0.6) is 5.75 Å². The Labute approximate surface area is 174 Å². The van der Waals surface area contributed by atoms with Gasteiger partial charge >= 0.3 is 0 Å². The van der Waals surface area contributed by atoms with Gasteiger partial charge in [0.05, 0.1) is 12.5 Å². The molecule has 2 rings (SSSR count). The molecule has 5 nitrogen and oxygen atoms in total. The SMILES string of the molecule is COCCCOc1cc(C)ccc1CNC(=O)C(C)C(N)c1ccccc1.Cl. The summed E-state index contributed by atoms with van der Waals surface area (Å²) < 4.78 is 10.9. The molecule has 0 fully saturated rings. The van der Waals surface area contributed by atoms with Crippen LogP contribution in [0, 0.1) is 12.8 Å². The van der Waals surface area contributed by atoms with Gasteiger partial charge in [-0.1, -0.05) is 49.4 Å². The van der Waals surface area contributed by atoms with Gasteiger partial charge in [0.25, 0.3) is 0 Å². The molecule has 28 heavy (non-hydrogen) atoms. The first kappa shape index (κ1) is 24.0. The quantitative estimate of drug-likeness (QED) is 0.589. The van der Waals surface area contributed by atoms with E-state index in [1.165, 1.54) is 0 Å². The summed E-state index contributed by atoms with van der Waals surface area (Å²) in [5, 5.41) is 2.99. The van der Waals surface area contributed by atoms with E-state index in [0.717, 1.165) is 28.9 Å². The average molecular weight is 407 g/mol. The summed E-state index contributed by atoms with van der Waals surface area (Å²) in [6, 6.07) is 15.3. The second-order valence-corrected chi connectivity index (χ2v) is 6.75. The minimum atomic E-state index is -0.339. The number of nitrogens with one attached hydrogen (secondary N) is 1. The maximum absolute atomic E-state index is 12.6. The summed E-state index contributed by atoms with van der Waals surface area (Å²) >= 11 is 0. The normalized spacial score (nSPS) is 12.6. The van der Waals surface area contributed by atoms with Crippen molar-refractivity contribution in [3.05, 3.63) is 65.2 Å². The molecule has 2 aromatic carbocycles. The predicted octanol–water partition coefficient (Wildman–Crippen LogP) is 3.78. The molecule has 0 spiro atoms. The second-order valence-electron chi connectivity index (χ2n) is 6.75. The summed E-state index contributed by atoms with van der Waals surface area (Å²) in [6.45, 7) is 5.51. The van der Waals surface area contributed by atoms with Crippen LogP contribution in [0.1, 0.15) is 36.1 Å². The minimum Gasteiger partial charge on any atom is -0.493 e. The van der Waals surface area contributed by atoms with Gasteiger partial charge in [-0.2, -0.15) is 0 Å². The van der Waals surface area contributed by atoms with Crippen molar-refractivity contribution in [2.75, 3.05) is 20.3 Å². The molecule has 0 heterocycles. The zero-order valence-corrected chi connectivity index (χ0v) is 17.6. The van der Waals surface area contributed by atoms with Crippen molar-refractivity contribution in [3.8, 4) is 5.75 Å². The van der Waals surface area contributed by atoms with Crippen LogP contribution >= 0.6 is 12.4 Å². The molecule has 1 amide bonds. The Morgan fingerprint density at radius 2 is 1.86 bits per heavy atom. The van der Waals surface area contributed by atoms with E-state index < -0.39 is 0 Å². The van der Waals surface area contributed by atoms with Gasteiger partial charge < -0.3 is 20.5 Å². The molecule has 3 N–H and O–H groups in total. The molecular formula is C22H31ClN2O3. The van der Waals surface area contributed by atoms with Crippen LogP contribution in [-0.2, 0) is 16.1 Å². The molecule has 0 radical (unpaired) electrons. The Morgan fingerprint density at radius 1 is 1.14 bits per heavy atom.